The minimum atomic E-state index is 0.664. The highest BCUT2D eigenvalue weighted by atomic mass is 32.1. The van der Waals surface area contributed by atoms with E-state index >= 15 is 0 Å². The van der Waals surface area contributed by atoms with E-state index in [1.54, 1.807) is 5.56 Å². The van der Waals surface area contributed by atoms with E-state index in [4.69, 9.17) is 0 Å². The topological polar surface area (TPSA) is 0 Å². The van der Waals surface area contributed by atoms with Crippen LogP contribution in [0.3, 0.4) is 0 Å². The van der Waals surface area contributed by atoms with E-state index in [2.05, 4.69) is 32.2 Å². The summed E-state index contributed by atoms with van der Waals surface area (Å²) in [5.41, 5.74) is 1.56. The van der Waals surface area contributed by atoms with E-state index in [9.17, 15) is 0 Å². The van der Waals surface area contributed by atoms with E-state index in [1.807, 2.05) is 22.7 Å². The highest BCUT2D eigenvalue weighted by Gasteiger charge is 2.12. The molecule has 2 heterocycles. The zero-order valence-corrected chi connectivity index (χ0v) is 9.18. The summed E-state index contributed by atoms with van der Waals surface area (Å²) in [7, 11) is 0. The molecule has 0 aromatic carbocycles. The first-order chi connectivity index (χ1) is 5.70. The summed E-state index contributed by atoms with van der Waals surface area (Å²) in [6, 6.07) is 2.23. The third-order valence-electron chi connectivity index (χ3n) is 2.09. The molecule has 0 fully saturated rings. The molecular formula is C10H12S2. The number of aryl methyl sites for hydroxylation is 1. The zero-order chi connectivity index (χ0) is 8.72. The van der Waals surface area contributed by atoms with Crippen molar-refractivity contribution in [3.05, 3.63) is 21.9 Å². The van der Waals surface area contributed by atoms with Gasteiger partial charge in [-0.1, -0.05) is 13.8 Å². The number of fused-ring (bicyclic) bond motifs is 1. The smallest absolute Gasteiger partial charge is 0.0487 e. The zero-order valence-electron chi connectivity index (χ0n) is 7.55. The van der Waals surface area contributed by atoms with Gasteiger partial charge in [-0.2, -0.15) is 0 Å². The molecule has 0 aliphatic rings. The Kier molecular flexibility index (Phi) is 1.97. The van der Waals surface area contributed by atoms with E-state index in [0.717, 1.165) is 0 Å². The summed E-state index contributed by atoms with van der Waals surface area (Å²) in [6.07, 6.45) is 0. The number of rotatable bonds is 1. The second kappa shape index (κ2) is 2.86. The predicted octanol–water partition coefficient (Wildman–Crippen LogP) is 4.39. The van der Waals surface area contributed by atoms with Crippen LogP contribution < -0.4 is 0 Å². The first-order valence-corrected chi connectivity index (χ1v) is 5.86. The van der Waals surface area contributed by atoms with Crippen LogP contribution in [0.25, 0.3) is 9.40 Å². The van der Waals surface area contributed by atoms with Gasteiger partial charge in [0.2, 0.25) is 0 Å². The molecule has 2 aromatic rings. The first-order valence-electron chi connectivity index (χ1n) is 4.16. The summed E-state index contributed by atoms with van der Waals surface area (Å²) in [4.78, 5) is 1.49. The van der Waals surface area contributed by atoms with Crippen LogP contribution in [-0.2, 0) is 0 Å². The quantitative estimate of drug-likeness (QED) is 0.634. The molecule has 0 spiro atoms. The molecule has 0 saturated heterocycles. The highest BCUT2D eigenvalue weighted by Crippen LogP contribution is 2.38. The molecule has 0 bridgehead atoms. The minimum Gasteiger partial charge on any atom is -0.143 e. The highest BCUT2D eigenvalue weighted by molar-refractivity contribution is 7.27. The van der Waals surface area contributed by atoms with Crippen LogP contribution in [0.4, 0.5) is 0 Å². The van der Waals surface area contributed by atoms with Crippen molar-refractivity contribution >= 4 is 32.1 Å². The Morgan fingerprint density at radius 3 is 2.75 bits per heavy atom. The predicted molar refractivity (Wildman–Crippen MR) is 58.5 cm³/mol. The summed E-state index contributed by atoms with van der Waals surface area (Å²) in [5.74, 6) is 0.664. The molecule has 2 heteroatoms. The fraction of sp³-hybridized carbons (Fsp3) is 0.400. The van der Waals surface area contributed by atoms with Crippen molar-refractivity contribution in [3.8, 4) is 0 Å². The normalized spacial score (nSPS) is 11.7. The van der Waals surface area contributed by atoms with E-state index in [1.165, 1.54) is 14.3 Å². The SMILES string of the molecule is Cc1sc2ccsc2c1C(C)C. The maximum absolute atomic E-state index is 2.27. The molecule has 0 radical (unpaired) electrons. The van der Waals surface area contributed by atoms with Gasteiger partial charge in [-0.25, -0.2) is 0 Å². The maximum atomic E-state index is 2.27. The summed E-state index contributed by atoms with van der Waals surface area (Å²) in [6.45, 7) is 6.77. The second-order valence-corrected chi connectivity index (χ2v) is 5.51. The van der Waals surface area contributed by atoms with E-state index < -0.39 is 0 Å². The third kappa shape index (κ3) is 1.10. The van der Waals surface area contributed by atoms with Crippen molar-refractivity contribution in [1.82, 2.24) is 0 Å². The molecule has 0 atom stereocenters. The van der Waals surface area contributed by atoms with Gasteiger partial charge in [-0.15, -0.1) is 22.7 Å². The van der Waals surface area contributed by atoms with Crippen molar-refractivity contribution < 1.29 is 0 Å². The molecule has 12 heavy (non-hydrogen) atoms. The molecule has 2 rings (SSSR count). The minimum absolute atomic E-state index is 0.664. The van der Waals surface area contributed by atoms with Crippen molar-refractivity contribution in [2.75, 3.05) is 0 Å². The monoisotopic (exact) mass is 196 g/mol. The van der Waals surface area contributed by atoms with Gasteiger partial charge in [0.25, 0.3) is 0 Å². The van der Waals surface area contributed by atoms with Crippen LogP contribution in [0.5, 0.6) is 0 Å². The van der Waals surface area contributed by atoms with Crippen molar-refractivity contribution in [3.63, 3.8) is 0 Å². The van der Waals surface area contributed by atoms with Gasteiger partial charge in [-0.3, -0.25) is 0 Å². The Bertz CT molecular complexity index is 393. The Balaban J connectivity index is 2.76. The average molecular weight is 196 g/mol. The molecule has 64 valence electrons. The lowest BCUT2D eigenvalue weighted by atomic mass is 10.0. The molecule has 0 nitrogen and oxygen atoms in total. The third-order valence-corrected chi connectivity index (χ3v) is 4.26. The molecule has 0 N–H and O–H groups in total. The average Bonchev–Trinajstić information content (AvgIpc) is 2.44. The summed E-state index contributed by atoms with van der Waals surface area (Å²) in [5, 5.41) is 2.19. The largest absolute Gasteiger partial charge is 0.143 e. The number of hydrogen-bond donors (Lipinski definition) is 0. The van der Waals surface area contributed by atoms with Crippen LogP contribution in [-0.4, -0.2) is 0 Å². The van der Waals surface area contributed by atoms with Gasteiger partial charge in [0.15, 0.2) is 0 Å². The standard InChI is InChI=1S/C10H12S2/c1-6(2)9-7(3)12-8-4-5-11-10(8)9/h4-6H,1-3H3. The lowest BCUT2D eigenvalue weighted by molar-refractivity contribution is 0.874. The van der Waals surface area contributed by atoms with Crippen LogP contribution >= 0.6 is 22.7 Å². The van der Waals surface area contributed by atoms with Crippen molar-refractivity contribution in [2.45, 2.75) is 26.7 Å². The molecule has 0 saturated carbocycles. The van der Waals surface area contributed by atoms with Crippen LogP contribution in [0.15, 0.2) is 11.4 Å². The van der Waals surface area contributed by atoms with Gasteiger partial charge in [0.05, 0.1) is 0 Å². The molecule has 0 unspecified atom stereocenters. The van der Waals surface area contributed by atoms with E-state index in [0.29, 0.717) is 5.92 Å². The fourth-order valence-electron chi connectivity index (χ4n) is 1.62. The van der Waals surface area contributed by atoms with Gasteiger partial charge < -0.3 is 0 Å². The fourth-order valence-corrected chi connectivity index (χ4v) is 4.20. The lowest BCUT2D eigenvalue weighted by Crippen LogP contribution is -1.85. The van der Waals surface area contributed by atoms with Crippen molar-refractivity contribution in [2.24, 2.45) is 0 Å². The van der Waals surface area contributed by atoms with Gasteiger partial charge in [0.1, 0.15) is 0 Å². The van der Waals surface area contributed by atoms with Gasteiger partial charge in [-0.05, 0) is 29.9 Å². The Labute approximate surface area is 80.9 Å². The van der Waals surface area contributed by atoms with E-state index in [-0.39, 0.29) is 0 Å². The number of thiophene rings is 2. The van der Waals surface area contributed by atoms with Crippen LogP contribution in [0.2, 0.25) is 0 Å². The van der Waals surface area contributed by atoms with Gasteiger partial charge in [0, 0.05) is 14.3 Å². The Hall–Kier alpha value is -0.340. The van der Waals surface area contributed by atoms with Gasteiger partial charge >= 0.3 is 0 Å². The number of hydrogen-bond acceptors (Lipinski definition) is 2. The summed E-state index contributed by atoms with van der Waals surface area (Å²) < 4.78 is 2.97. The van der Waals surface area contributed by atoms with Crippen molar-refractivity contribution in [1.29, 1.82) is 0 Å². The second-order valence-electron chi connectivity index (χ2n) is 3.34. The first kappa shape index (κ1) is 8.27. The molecule has 2 aromatic heterocycles. The lowest BCUT2D eigenvalue weighted by Gasteiger charge is -2.02. The Morgan fingerprint density at radius 1 is 1.33 bits per heavy atom. The molecule has 0 aliphatic heterocycles. The Morgan fingerprint density at radius 2 is 2.08 bits per heavy atom. The molecular weight excluding hydrogens is 184 g/mol. The van der Waals surface area contributed by atoms with Crippen LogP contribution in [0, 0.1) is 6.92 Å². The molecule has 0 amide bonds. The summed E-state index contributed by atoms with van der Waals surface area (Å²) >= 11 is 3.80. The maximum Gasteiger partial charge on any atom is 0.0487 e. The molecule has 0 aliphatic carbocycles. The van der Waals surface area contributed by atoms with Crippen LogP contribution in [0.1, 0.15) is 30.2 Å².